The highest BCUT2D eigenvalue weighted by Crippen LogP contribution is 2.18. The van der Waals surface area contributed by atoms with E-state index in [1.54, 1.807) is 6.20 Å². The minimum Gasteiger partial charge on any atom is -0.381 e. The van der Waals surface area contributed by atoms with Gasteiger partial charge in [-0.15, -0.1) is 0 Å². The number of aromatic nitrogens is 2. The number of nitrogens with one attached hydrogen (secondary N) is 1. The van der Waals surface area contributed by atoms with E-state index in [0.717, 1.165) is 44.2 Å². The van der Waals surface area contributed by atoms with Crippen molar-refractivity contribution in [1.82, 2.24) is 9.78 Å². The Labute approximate surface area is 142 Å². The molecule has 0 aliphatic carbocycles. The number of nitrogens with zero attached hydrogens (tertiary/aromatic N) is 3. The maximum atomic E-state index is 12.5. The third-order valence-electron chi connectivity index (χ3n) is 4.46. The quantitative estimate of drug-likeness (QED) is 0.885. The Morgan fingerprint density at radius 3 is 2.83 bits per heavy atom. The first-order valence-electron chi connectivity index (χ1n) is 8.39. The number of hydrogen-bond donors (Lipinski definition) is 1. The number of carbonyl (C=O) groups excluding carboxylic acids is 1. The van der Waals surface area contributed by atoms with Crippen LogP contribution in [0.3, 0.4) is 0 Å². The lowest BCUT2D eigenvalue weighted by molar-refractivity contribution is 0.102. The second kappa shape index (κ2) is 7.49. The van der Waals surface area contributed by atoms with Crippen molar-refractivity contribution in [3.8, 4) is 0 Å². The SMILES string of the molecule is CCN(C)c1ccc(C(=O)Nc2ccnn2CC2CCOC2)cc1. The summed E-state index contributed by atoms with van der Waals surface area (Å²) in [5.41, 5.74) is 1.74. The Balaban J connectivity index is 1.65. The summed E-state index contributed by atoms with van der Waals surface area (Å²) >= 11 is 0. The van der Waals surface area contributed by atoms with Crippen molar-refractivity contribution < 1.29 is 9.53 Å². The maximum Gasteiger partial charge on any atom is 0.256 e. The average Bonchev–Trinajstić information content (AvgIpc) is 3.27. The van der Waals surface area contributed by atoms with Crippen molar-refractivity contribution in [1.29, 1.82) is 0 Å². The van der Waals surface area contributed by atoms with Crippen LogP contribution in [0.5, 0.6) is 0 Å². The molecule has 1 atom stereocenters. The van der Waals surface area contributed by atoms with Gasteiger partial charge in [-0.25, -0.2) is 4.68 Å². The first-order valence-corrected chi connectivity index (χ1v) is 8.39. The van der Waals surface area contributed by atoms with Gasteiger partial charge in [0.15, 0.2) is 0 Å². The fraction of sp³-hybridized carbons (Fsp3) is 0.444. The molecule has 0 spiro atoms. The predicted octanol–water partition coefficient (Wildman–Crippen LogP) is 2.63. The summed E-state index contributed by atoms with van der Waals surface area (Å²) in [5, 5.41) is 7.27. The molecule has 6 heteroatoms. The molecule has 1 fully saturated rings. The standard InChI is InChI=1S/C18H24N4O2/c1-3-21(2)16-6-4-15(5-7-16)18(23)20-17-8-10-19-22(17)12-14-9-11-24-13-14/h4-8,10,14H,3,9,11-13H2,1-2H3,(H,20,23). The summed E-state index contributed by atoms with van der Waals surface area (Å²) in [5.74, 6) is 1.07. The normalized spacial score (nSPS) is 17.0. The van der Waals surface area contributed by atoms with Crippen LogP contribution in [0, 0.1) is 5.92 Å². The van der Waals surface area contributed by atoms with Crippen LogP contribution in [0.15, 0.2) is 36.5 Å². The molecule has 1 aliphatic heterocycles. The molecule has 1 saturated heterocycles. The predicted molar refractivity (Wildman–Crippen MR) is 94.5 cm³/mol. The summed E-state index contributed by atoms with van der Waals surface area (Å²) in [7, 11) is 2.03. The van der Waals surface area contributed by atoms with Gasteiger partial charge >= 0.3 is 0 Å². The van der Waals surface area contributed by atoms with Gasteiger partial charge in [0.05, 0.1) is 12.8 Å². The summed E-state index contributed by atoms with van der Waals surface area (Å²) in [4.78, 5) is 14.6. The number of anilines is 2. The fourth-order valence-corrected chi connectivity index (χ4v) is 2.79. The summed E-state index contributed by atoms with van der Waals surface area (Å²) < 4.78 is 7.25. The lowest BCUT2D eigenvalue weighted by atomic mass is 10.1. The Bertz CT molecular complexity index is 675. The van der Waals surface area contributed by atoms with E-state index < -0.39 is 0 Å². The molecule has 1 amide bonds. The van der Waals surface area contributed by atoms with E-state index >= 15 is 0 Å². The minimum absolute atomic E-state index is 0.120. The van der Waals surface area contributed by atoms with E-state index in [9.17, 15) is 4.79 Å². The molecule has 128 valence electrons. The summed E-state index contributed by atoms with van der Waals surface area (Å²) in [6, 6.07) is 9.45. The molecule has 3 rings (SSSR count). The number of amides is 1. The van der Waals surface area contributed by atoms with Crippen LogP contribution in [0.4, 0.5) is 11.5 Å². The van der Waals surface area contributed by atoms with Gasteiger partial charge in [-0.05, 0) is 37.6 Å². The van der Waals surface area contributed by atoms with Gasteiger partial charge in [-0.2, -0.15) is 5.10 Å². The molecule has 1 aromatic heterocycles. The van der Waals surface area contributed by atoms with Crippen molar-refractivity contribution in [3.63, 3.8) is 0 Å². The van der Waals surface area contributed by atoms with E-state index in [1.165, 1.54) is 0 Å². The smallest absolute Gasteiger partial charge is 0.256 e. The van der Waals surface area contributed by atoms with Crippen LogP contribution in [0.25, 0.3) is 0 Å². The van der Waals surface area contributed by atoms with Crippen LogP contribution in [-0.2, 0) is 11.3 Å². The van der Waals surface area contributed by atoms with Crippen LogP contribution in [0.1, 0.15) is 23.7 Å². The van der Waals surface area contributed by atoms with Crippen molar-refractivity contribution in [2.24, 2.45) is 5.92 Å². The van der Waals surface area contributed by atoms with Gasteiger partial charge in [0, 0.05) is 50.0 Å². The van der Waals surface area contributed by atoms with Crippen molar-refractivity contribution >= 4 is 17.4 Å². The molecular formula is C18H24N4O2. The van der Waals surface area contributed by atoms with Gasteiger partial charge in [-0.3, -0.25) is 4.79 Å². The third-order valence-corrected chi connectivity index (χ3v) is 4.46. The van der Waals surface area contributed by atoms with Crippen molar-refractivity contribution in [3.05, 3.63) is 42.1 Å². The lowest BCUT2D eigenvalue weighted by Crippen LogP contribution is -2.19. The lowest BCUT2D eigenvalue weighted by Gasteiger charge is -2.17. The number of ether oxygens (including phenoxy) is 1. The number of benzene rings is 1. The van der Waals surface area contributed by atoms with Crippen LogP contribution >= 0.6 is 0 Å². The second-order valence-corrected chi connectivity index (χ2v) is 6.14. The molecule has 6 nitrogen and oxygen atoms in total. The highest BCUT2D eigenvalue weighted by molar-refractivity contribution is 6.04. The Morgan fingerprint density at radius 1 is 1.38 bits per heavy atom. The zero-order valence-corrected chi connectivity index (χ0v) is 14.2. The van der Waals surface area contributed by atoms with E-state index in [0.29, 0.717) is 11.5 Å². The van der Waals surface area contributed by atoms with Gasteiger partial charge in [0.2, 0.25) is 0 Å². The summed E-state index contributed by atoms with van der Waals surface area (Å²) in [6.45, 7) is 5.36. The molecule has 1 unspecified atom stereocenters. The number of rotatable bonds is 6. The maximum absolute atomic E-state index is 12.5. The zero-order chi connectivity index (χ0) is 16.9. The topological polar surface area (TPSA) is 59.4 Å². The highest BCUT2D eigenvalue weighted by Gasteiger charge is 2.18. The molecule has 0 saturated carbocycles. The molecule has 0 radical (unpaired) electrons. The molecule has 1 aromatic carbocycles. The van der Waals surface area contributed by atoms with Gasteiger partial charge in [-0.1, -0.05) is 0 Å². The van der Waals surface area contributed by atoms with Crippen molar-refractivity contribution in [2.45, 2.75) is 19.9 Å². The van der Waals surface area contributed by atoms with E-state index in [1.807, 2.05) is 42.1 Å². The first kappa shape index (κ1) is 16.5. The third kappa shape index (κ3) is 3.76. The molecule has 0 bridgehead atoms. The first-order chi connectivity index (χ1) is 11.7. The second-order valence-electron chi connectivity index (χ2n) is 6.14. The highest BCUT2D eigenvalue weighted by atomic mass is 16.5. The number of hydrogen-bond acceptors (Lipinski definition) is 4. The van der Waals surface area contributed by atoms with Gasteiger partial charge < -0.3 is 15.0 Å². The van der Waals surface area contributed by atoms with E-state index in [2.05, 4.69) is 22.2 Å². The van der Waals surface area contributed by atoms with Gasteiger partial charge in [0.25, 0.3) is 5.91 Å². The molecule has 1 N–H and O–H groups in total. The monoisotopic (exact) mass is 328 g/mol. The number of carbonyl (C=O) groups is 1. The van der Waals surface area contributed by atoms with E-state index in [4.69, 9.17) is 4.74 Å². The molecule has 1 aliphatic rings. The van der Waals surface area contributed by atoms with Gasteiger partial charge in [0.1, 0.15) is 5.82 Å². The average molecular weight is 328 g/mol. The molecule has 2 aromatic rings. The van der Waals surface area contributed by atoms with Crippen LogP contribution < -0.4 is 10.2 Å². The van der Waals surface area contributed by atoms with E-state index in [-0.39, 0.29) is 5.91 Å². The molecular weight excluding hydrogens is 304 g/mol. The zero-order valence-electron chi connectivity index (χ0n) is 14.2. The Hall–Kier alpha value is -2.34. The minimum atomic E-state index is -0.120. The Kier molecular flexibility index (Phi) is 5.15. The fourth-order valence-electron chi connectivity index (χ4n) is 2.79. The summed E-state index contributed by atoms with van der Waals surface area (Å²) in [6.07, 6.45) is 2.75. The largest absolute Gasteiger partial charge is 0.381 e. The van der Waals surface area contributed by atoms with Crippen LogP contribution in [-0.4, -0.2) is 42.5 Å². The molecule has 2 heterocycles. The Morgan fingerprint density at radius 2 is 2.17 bits per heavy atom. The molecule has 24 heavy (non-hydrogen) atoms. The van der Waals surface area contributed by atoms with Crippen LogP contribution in [0.2, 0.25) is 0 Å². The van der Waals surface area contributed by atoms with Crippen molar-refractivity contribution in [2.75, 3.05) is 37.0 Å².